The Labute approximate surface area is 142 Å². The molecule has 5 heteroatoms. The summed E-state index contributed by atoms with van der Waals surface area (Å²) >= 11 is 0. The largest absolute Gasteiger partial charge is 0.494 e. The lowest BCUT2D eigenvalue weighted by atomic mass is 10.1. The molecular weight excluding hydrogens is 304 g/mol. The number of rotatable bonds is 7. The predicted molar refractivity (Wildman–Crippen MR) is 91.1 cm³/mol. The third-order valence-electron chi connectivity index (χ3n) is 4.14. The molecule has 0 bridgehead atoms. The number of amides is 1. The fourth-order valence-electron chi connectivity index (χ4n) is 2.65. The smallest absolute Gasteiger partial charge is 0.293 e. The summed E-state index contributed by atoms with van der Waals surface area (Å²) in [6, 6.07) is 9.96. The van der Waals surface area contributed by atoms with E-state index in [4.69, 9.17) is 9.26 Å². The van der Waals surface area contributed by atoms with Crippen LogP contribution in [0.1, 0.15) is 61.3 Å². The normalized spacial score (nSPS) is 14.0. The fourth-order valence-corrected chi connectivity index (χ4v) is 2.65. The lowest BCUT2D eigenvalue weighted by molar-refractivity contribution is 0.0687. The number of nitrogens with zero attached hydrogens (tertiary/aromatic N) is 2. The maximum Gasteiger partial charge on any atom is 0.293 e. The van der Waals surface area contributed by atoms with E-state index in [1.807, 2.05) is 49.9 Å². The zero-order valence-electron chi connectivity index (χ0n) is 14.5. The van der Waals surface area contributed by atoms with Gasteiger partial charge < -0.3 is 14.2 Å². The van der Waals surface area contributed by atoms with Crippen molar-refractivity contribution in [1.82, 2.24) is 10.1 Å². The third kappa shape index (κ3) is 3.78. The molecule has 3 rings (SSSR count). The number of hydrogen-bond acceptors (Lipinski definition) is 4. The van der Waals surface area contributed by atoms with Crippen LogP contribution in [-0.4, -0.2) is 28.6 Å². The highest BCUT2D eigenvalue weighted by Gasteiger charge is 2.34. The van der Waals surface area contributed by atoms with E-state index >= 15 is 0 Å². The van der Waals surface area contributed by atoms with Gasteiger partial charge in [-0.3, -0.25) is 4.79 Å². The molecule has 1 fully saturated rings. The van der Waals surface area contributed by atoms with Gasteiger partial charge in [0.2, 0.25) is 5.76 Å². The van der Waals surface area contributed by atoms with E-state index in [-0.39, 0.29) is 11.8 Å². The summed E-state index contributed by atoms with van der Waals surface area (Å²) in [5.74, 6) is 1.32. The Bertz CT molecular complexity index is 704. The van der Waals surface area contributed by atoms with E-state index in [1.165, 1.54) is 0 Å². The van der Waals surface area contributed by atoms with Crippen LogP contribution in [-0.2, 0) is 6.54 Å². The Balaban J connectivity index is 1.77. The van der Waals surface area contributed by atoms with Crippen LogP contribution in [0.25, 0.3) is 0 Å². The van der Waals surface area contributed by atoms with Crippen molar-refractivity contribution in [2.24, 2.45) is 0 Å². The summed E-state index contributed by atoms with van der Waals surface area (Å²) < 4.78 is 10.8. The molecule has 1 saturated carbocycles. The molecule has 0 atom stereocenters. The Morgan fingerprint density at radius 2 is 2.17 bits per heavy atom. The molecule has 2 aromatic rings. The minimum Gasteiger partial charge on any atom is -0.494 e. The van der Waals surface area contributed by atoms with Crippen molar-refractivity contribution in [3.8, 4) is 5.75 Å². The summed E-state index contributed by atoms with van der Waals surface area (Å²) in [5.41, 5.74) is 1.87. The Morgan fingerprint density at radius 1 is 1.38 bits per heavy atom. The van der Waals surface area contributed by atoms with Crippen molar-refractivity contribution in [2.45, 2.75) is 52.1 Å². The molecule has 0 radical (unpaired) electrons. The minimum atomic E-state index is -0.0845. The standard InChI is InChI=1S/C19H24N2O3/c1-4-23-16-7-5-6-14(10-16)12-21(15-8-9-15)19(22)18-11-17(13(2)3)20-24-18/h5-7,10-11,13,15H,4,8-9,12H2,1-3H3. The molecule has 1 aromatic heterocycles. The van der Waals surface area contributed by atoms with Crippen LogP contribution in [0.3, 0.4) is 0 Å². The van der Waals surface area contributed by atoms with Gasteiger partial charge in [0.1, 0.15) is 5.75 Å². The Morgan fingerprint density at radius 3 is 2.79 bits per heavy atom. The first-order chi connectivity index (χ1) is 11.6. The number of hydrogen-bond donors (Lipinski definition) is 0. The van der Waals surface area contributed by atoms with E-state index in [9.17, 15) is 4.79 Å². The molecule has 128 valence electrons. The first-order valence-corrected chi connectivity index (χ1v) is 8.57. The Kier molecular flexibility index (Phi) is 4.88. The van der Waals surface area contributed by atoms with Gasteiger partial charge in [-0.25, -0.2) is 0 Å². The zero-order chi connectivity index (χ0) is 17.1. The number of carbonyl (C=O) groups excluding carboxylic acids is 1. The SMILES string of the molecule is CCOc1cccc(CN(C(=O)c2cc(C(C)C)no2)C2CC2)c1. The average molecular weight is 328 g/mol. The molecule has 0 saturated heterocycles. The molecule has 1 aliphatic rings. The van der Waals surface area contributed by atoms with Gasteiger partial charge in [0.15, 0.2) is 0 Å². The highest BCUT2D eigenvalue weighted by molar-refractivity contribution is 5.92. The maximum atomic E-state index is 12.8. The van der Waals surface area contributed by atoms with Gasteiger partial charge in [0.05, 0.1) is 12.3 Å². The monoisotopic (exact) mass is 328 g/mol. The summed E-state index contributed by atoms with van der Waals surface area (Å²) in [7, 11) is 0. The van der Waals surface area contributed by atoms with Crippen molar-refractivity contribution in [3.63, 3.8) is 0 Å². The second-order valence-corrected chi connectivity index (χ2v) is 6.52. The number of aromatic nitrogens is 1. The van der Waals surface area contributed by atoms with E-state index < -0.39 is 0 Å². The van der Waals surface area contributed by atoms with Gasteiger partial charge in [-0.2, -0.15) is 0 Å². The molecule has 1 aliphatic carbocycles. The van der Waals surface area contributed by atoms with Crippen LogP contribution in [0.2, 0.25) is 0 Å². The topological polar surface area (TPSA) is 55.6 Å². The van der Waals surface area contributed by atoms with Gasteiger partial charge in [-0.1, -0.05) is 31.1 Å². The highest BCUT2D eigenvalue weighted by Crippen LogP contribution is 2.30. The van der Waals surface area contributed by atoms with Gasteiger partial charge in [-0.05, 0) is 43.4 Å². The summed E-state index contributed by atoms with van der Waals surface area (Å²) in [6.45, 7) is 7.21. The predicted octanol–water partition coefficient (Wildman–Crippen LogP) is 4.00. The molecule has 1 amide bonds. The second-order valence-electron chi connectivity index (χ2n) is 6.52. The van der Waals surface area contributed by atoms with E-state index in [0.717, 1.165) is 29.8 Å². The number of benzene rings is 1. The van der Waals surface area contributed by atoms with Crippen molar-refractivity contribution >= 4 is 5.91 Å². The lowest BCUT2D eigenvalue weighted by Crippen LogP contribution is -2.32. The minimum absolute atomic E-state index is 0.0845. The first kappa shape index (κ1) is 16.6. The van der Waals surface area contributed by atoms with Crippen LogP contribution in [0.15, 0.2) is 34.9 Å². The molecule has 0 N–H and O–H groups in total. The maximum absolute atomic E-state index is 12.8. The van der Waals surface area contributed by atoms with E-state index in [2.05, 4.69) is 5.16 Å². The number of carbonyl (C=O) groups is 1. The fraction of sp³-hybridized carbons (Fsp3) is 0.474. The van der Waals surface area contributed by atoms with Crippen molar-refractivity contribution in [2.75, 3.05) is 6.61 Å². The molecule has 0 unspecified atom stereocenters. The summed E-state index contributed by atoms with van der Waals surface area (Å²) in [5, 5.41) is 4.00. The second kappa shape index (κ2) is 7.07. The van der Waals surface area contributed by atoms with Crippen LogP contribution < -0.4 is 4.74 Å². The van der Waals surface area contributed by atoms with E-state index in [1.54, 1.807) is 6.07 Å². The average Bonchev–Trinajstić information content (AvgIpc) is 3.28. The molecular formula is C19H24N2O3. The summed E-state index contributed by atoms with van der Waals surface area (Å²) in [6.07, 6.45) is 2.09. The van der Waals surface area contributed by atoms with Crippen LogP contribution in [0.4, 0.5) is 0 Å². The number of ether oxygens (including phenoxy) is 1. The van der Waals surface area contributed by atoms with Gasteiger partial charge in [0.25, 0.3) is 5.91 Å². The highest BCUT2D eigenvalue weighted by atomic mass is 16.5. The molecule has 1 heterocycles. The summed E-state index contributed by atoms with van der Waals surface area (Å²) in [4.78, 5) is 14.7. The van der Waals surface area contributed by atoms with Gasteiger partial charge in [-0.15, -0.1) is 0 Å². The quantitative estimate of drug-likeness (QED) is 0.771. The molecule has 0 spiro atoms. The molecule has 1 aromatic carbocycles. The Hall–Kier alpha value is -2.30. The molecule has 24 heavy (non-hydrogen) atoms. The van der Waals surface area contributed by atoms with Crippen LogP contribution >= 0.6 is 0 Å². The van der Waals surface area contributed by atoms with Gasteiger partial charge in [0, 0.05) is 18.7 Å². The van der Waals surface area contributed by atoms with Crippen LogP contribution in [0.5, 0.6) is 5.75 Å². The van der Waals surface area contributed by atoms with Gasteiger partial charge >= 0.3 is 0 Å². The molecule has 0 aliphatic heterocycles. The van der Waals surface area contributed by atoms with Crippen molar-refractivity contribution in [1.29, 1.82) is 0 Å². The van der Waals surface area contributed by atoms with E-state index in [0.29, 0.717) is 25.0 Å². The lowest BCUT2D eigenvalue weighted by Gasteiger charge is -2.21. The van der Waals surface area contributed by atoms with Crippen molar-refractivity contribution < 1.29 is 14.1 Å². The third-order valence-corrected chi connectivity index (χ3v) is 4.14. The first-order valence-electron chi connectivity index (χ1n) is 8.57. The van der Waals surface area contributed by atoms with Crippen LogP contribution in [0, 0.1) is 0 Å². The molecule has 5 nitrogen and oxygen atoms in total. The van der Waals surface area contributed by atoms with Crippen molar-refractivity contribution in [3.05, 3.63) is 47.3 Å². The zero-order valence-corrected chi connectivity index (χ0v) is 14.5.